The van der Waals surface area contributed by atoms with Crippen LogP contribution in [0, 0.1) is 5.41 Å². The van der Waals surface area contributed by atoms with Gasteiger partial charge in [-0.15, -0.1) is 11.6 Å². The van der Waals surface area contributed by atoms with Crippen molar-refractivity contribution in [1.29, 1.82) is 0 Å². The number of halogens is 4. The molecule has 6 heteroatoms. The summed E-state index contributed by atoms with van der Waals surface area (Å²) in [5, 5.41) is 2.58. The van der Waals surface area contributed by atoms with Crippen LogP contribution in [0.5, 0.6) is 0 Å². The lowest BCUT2D eigenvalue weighted by Crippen LogP contribution is -2.38. The van der Waals surface area contributed by atoms with E-state index in [0.717, 1.165) is 18.9 Å². The Morgan fingerprint density at radius 2 is 1.76 bits per heavy atom. The fourth-order valence-corrected chi connectivity index (χ4v) is 2.50. The predicted molar refractivity (Wildman–Crippen MR) is 77.5 cm³/mol. The van der Waals surface area contributed by atoms with E-state index in [-0.39, 0.29) is 17.5 Å². The summed E-state index contributed by atoms with van der Waals surface area (Å²) in [5.74, 6) is -0.374. The fourth-order valence-electron chi connectivity index (χ4n) is 2.03. The molecule has 21 heavy (non-hydrogen) atoms. The van der Waals surface area contributed by atoms with Gasteiger partial charge in [-0.05, 0) is 25.0 Å². The molecule has 2 nitrogen and oxygen atoms in total. The highest BCUT2D eigenvalue weighted by Crippen LogP contribution is 2.32. The van der Waals surface area contributed by atoms with Gasteiger partial charge in [0.2, 0.25) is 0 Å². The molecule has 0 aliphatic carbocycles. The van der Waals surface area contributed by atoms with E-state index in [1.54, 1.807) is 0 Å². The molecule has 0 saturated heterocycles. The summed E-state index contributed by atoms with van der Waals surface area (Å²) in [4.78, 5) is 12.1. The third-order valence-corrected chi connectivity index (χ3v) is 4.45. The van der Waals surface area contributed by atoms with E-state index in [1.807, 2.05) is 13.8 Å². The van der Waals surface area contributed by atoms with Gasteiger partial charge in [-0.2, -0.15) is 13.2 Å². The number of amides is 1. The Labute approximate surface area is 127 Å². The molecule has 0 spiro atoms. The summed E-state index contributed by atoms with van der Waals surface area (Å²) in [6.07, 6.45) is -3.06. The molecule has 1 amide bonds. The first-order chi connectivity index (χ1) is 9.79. The summed E-state index contributed by atoms with van der Waals surface area (Å²) in [6, 6.07) is 4.77. The second-order valence-electron chi connectivity index (χ2n) is 5.07. The standard InChI is InChI=1S/C15H19ClF3NO/c1-3-14(4-2,9-16)10-20-13(21)11-7-5-6-8-12(11)15(17,18)19/h5-8H,3-4,9-10H2,1-2H3,(H,20,21). The highest BCUT2D eigenvalue weighted by atomic mass is 35.5. The van der Waals surface area contributed by atoms with Gasteiger partial charge >= 0.3 is 6.18 Å². The molecule has 0 aromatic heterocycles. The van der Waals surface area contributed by atoms with Crippen LogP contribution in [-0.2, 0) is 6.18 Å². The van der Waals surface area contributed by atoms with E-state index >= 15 is 0 Å². The van der Waals surface area contributed by atoms with E-state index in [0.29, 0.717) is 5.88 Å². The van der Waals surface area contributed by atoms with Crippen LogP contribution in [0.2, 0.25) is 0 Å². The Morgan fingerprint density at radius 3 is 2.24 bits per heavy atom. The van der Waals surface area contributed by atoms with Crippen LogP contribution in [0.25, 0.3) is 0 Å². The van der Waals surface area contributed by atoms with Crippen molar-refractivity contribution in [2.45, 2.75) is 32.9 Å². The molecule has 1 aromatic rings. The SMILES string of the molecule is CCC(CC)(CCl)CNC(=O)c1ccccc1C(F)(F)F. The van der Waals surface area contributed by atoms with Gasteiger partial charge in [-0.3, -0.25) is 4.79 Å². The van der Waals surface area contributed by atoms with Crippen molar-refractivity contribution in [3.8, 4) is 0 Å². The van der Waals surface area contributed by atoms with Gasteiger partial charge in [0.15, 0.2) is 0 Å². The number of carbonyl (C=O) groups excluding carboxylic acids is 1. The lowest BCUT2D eigenvalue weighted by Gasteiger charge is -2.29. The van der Waals surface area contributed by atoms with Crippen LogP contribution in [0.4, 0.5) is 13.2 Å². The van der Waals surface area contributed by atoms with Crippen LogP contribution >= 0.6 is 11.6 Å². The van der Waals surface area contributed by atoms with Gasteiger partial charge in [0.25, 0.3) is 5.91 Å². The molecule has 0 saturated carbocycles. The van der Waals surface area contributed by atoms with Crippen molar-refractivity contribution >= 4 is 17.5 Å². The summed E-state index contributed by atoms with van der Waals surface area (Å²) < 4.78 is 38.6. The van der Waals surface area contributed by atoms with Gasteiger partial charge in [-0.25, -0.2) is 0 Å². The highest BCUT2D eigenvalue weighted by molar-refractivity contribution is 6.18. The van der Waals surface area contributed by atoms with Crippen molar-refractivity contribution in [1.82, 2.24) is 5.32 Å². The minimum Gasteiger partial charge on any atom is -0.351 e. The van der Waals surface area contributed by atoms with Crippen LogP contribution in [0.3, 0.4) is 0 Å². The molecule has 0 heterocycles. The zero-order valence-electron chi connectivity index (χ0n) is 12.1. The molecular weight excluding hydrogens is 303 g/mol. The van der Waals surface area contributed by atoms with E-state index in [1.165, 1.54) is 18.2 Å². The van der Waals surface area contributed by atoms with Gasteiger partial charge < -0.3 is 5.32 Å². The Hall–Kier alpha value is -1.23. The number of alkyl halides is 4. The number of nitrogens with one attached hydrogen (secondary N) is 1. The Bertz CT molecular complexity index is 476. The first-order valence-electron chi connectivity index (χ1n) is 6.80. The average molecular weight is 322 g/mol. The zero-order chi connectivity index (χ0) is 16.1. The first kappa shape index (κ1) is 17.8. The molecule has 0 radical (unpaired) electrons. The number of benzene rings is 1. The van der Waals surface area contributed by atoms with Gasteiger partial charge in [0.1, 0.15) is 0 Å². The average Bonchev–Trinajstić information content (AvgIpc) is 2.48. The van der Waals surface area contributed by atoms with E-state index in [9.17, 15) is 18.0 Å². The maximum atomic E-state index is 12.9. The zero-order valence-corrected chi connectivity index (χ0v) is 12.8. The van der Waals surface area contributed by atoms with Crippen LogP contribution in [0.1, 0.15) is 42.6 Å². The van der Waals surface area contributed by atoms with Crippen molar-refractivity contribution in [3.63, 3.8) is 0 Å². The summed E-state index contributed by atoms with van der Waals surface area (Å²) in [7, 11) is 0. The van der Waals surface area contributed by atoms with E-state index < -0.39 is 17.6 Å². The Morgan fingerprint density at radius 1 is 1.19 bits per heavy atom. The second-order valence-corrected chi connectivity index (χ2v) is 5.33. The number of rotatable bonds is 6. The third kappa shape index (κ3) is 4.37. The predicted octanol–water partition coefficient (Wildman–Crippen LogP) is 4.48. The number of carbonyl (C=O) groups is 1. The van der Waals surface area contributed by atoms with E-state index in [2.05, 4.69) is 5.32 Å². The topological polar surface area (TPSA) is 29.1 Å². The lowest BCUT2D eigenvalue weighted by molar-refractivity contribution is -0.137. The monoisotopic (exact) mass is 321 g/mol. The summed E-state index contributed by atoms with van der Waals surface area (Å²) in [5.41, 5.74) is -1.57. The summed E-state index contributed by atoms with van der Waals surface area (Å²) >= 11 is 5.93. The highest BCUT2D eigenvalue weighted by Gasteiger charge is 2.35. The van der Waals surface area contributed by atoms with Crippen molar-refractivity contribution in [2.24, 2.45) is 5.41 Å². The number of hydrogen-bond donors (Lipinski definition) is 1. The van der Waals surface area contributed by atoms with Crippen molar-refractivity contribution in [3.05, 3.63) is 35.4 Å². The van der Waals surface area contributed by atoms with Crippen LogP contribution in [0.15, 0.2) is 24.3 Å². The third-order valence-electron chi connectivity index (χ3n) is 3.88. The smallest absolute Gasteiger partial charge is 0.351 e. The minimum absolute atomic E-state index is 0.258. The van der Waals surface area contributed by atoms with Crippen LogP contribution < -0.4 is 5.32 Å². The second kappa shape index (κ2) is 7.16. The molecule has 0 unspecified atom stereocenters. The maximum absolute atomic E-state index is 12.9. The molecule has 0 fully saturated rings. The Kier molecular flexibility index (Phi) is 6.08. The van der Waals surface area contributed by atoms with Gasteiger partial charge in [-0.1, -0.05) is 26.0 Å². The first-order valence-corrected chi connectivity index (χ1v) is 7.33. The quantitative estimate of drug-likeness (QED) is 0.769. The normalized spacial score (nSPS) is 12.3. The van der Waals surface area contributed by atoms with Gasteiger partial charge in [0.05, 0.1) is 11.1 Å². The van der Waals surface area contributed by atoms with E-state index in [4.69, 9.17) is 11.6 Å². The Balaban J connectivity index is 2.91. The number of hydrogen-bond acceptors (Lipinski definition) is 1. The largest absolute Gasteiger partial charge is 0.417 e. The lowest BCUT2D eigenvalue weighted by atomic mass is 9.84. The minimum atomic E-state index is -4.55. The molecule has 1 aromatic carbocycles. The molecule has 0 aliphatic heterocycles. The molecule has 0 atom stereocenters. The molecule has 0 bridgehead atoms. The molecule has 1 N–H and O–H groups in total. The maximum Gasteiger partial charge on any atom is 0.417 e. The van der Waals surface area contributed by atoms with Crippen LogP contribution in [-0.4, -0.2) is 18.3 Å². The van der Waals surface area contributed by atoms with Crippen molar-refractivity contribution < 1.29 is 18.0 Å². The molecular formula is C15H19ClF3NO. The molecule has 1 rings (SSSR count). The van der Waals surface area contributed by atoms with Gasteiger partial charge in [0, 0.05) is 17.8 Å². The molecule has 0 aliphatic rings. The molecule has 118 valence electrons. The van der Waals surface area contributed by atoms with Crippen molar-refractivity contribution in [2.75, 3.05) is 12.4 Å². The fraction of sp³-hybridized carbons (Fsp3) is 0.533. The summed E-state index contributed by atoms with van der Waals surface area (Å²) in [6.45, 7) is 4.15.